The van der Waals surface area contributed by atoms with E-state index in [0.717, 1.165) is 0 Å². The van der Waals surface area contributed by atoms with Crippen LogP contribution in [0.5, 0.6) is 5.75 Å². The summed E-state index contributed by atoms with van der Waals surface area (Å²) < 4.78 is 18.9. The number of azo groups is 1. The van der Waals surface area contributed by atoms with Crippen LogP contribution in [0, 0.1) is 5.82 Å². The first-order valence-electron chi connectivity index (χ1n) is 10.2. The zero-order chi connectivity index (χ0) is 23.5. The van der Waals surface area contributed by atoms with Gasteiger partial charge in [0, 0.05) is 22.4 Å². The van der Waals surface area contributed by atoms with Crippen molar-refractivity contribution in [3.05, 3.63) is 101 Å². The number of rotatable bonds is 5. The van der Waals surface area contributed by atoms with Crippen LogP contribution in [0.1, 0.15) is 5.56 Å². The van der Waals surface area contributed by atoms with Crippen molar-refractivity contribution < 1.29 is 13.9 Å². The highest BCUT2D eigenvalue weighted by atomic mass is 35.5. The summed E-state index contributed by atoms with van der Waals surface area (Å²) in [6, 6.07) is 23.1. The minimum absolute atomic E-state index is 0.0616. The predicted octanol–water partition coefficient (Wildman–Crippen LogP) is 8.16. The fraction of sp³-hybridized carbons (Fsp3) is 0. The molecule has 0 saturated heterocycles. The lowest BCUT2D eigenvalue weighted by atomic mass is 10.2. The standard InChI is InChI=1S/C26H16ClFN4O2/c27-18-2-1-3-21(13-18)31-32-22-8-10-24(33)17(12-22)15-29-20-9-11-25-23(14-20)30-26(34-25)16-4-6-19(28)7-5-16/h1-15,33H. The van der Waals surface area contributed by atoms with E-state index in [2.05, 4.69) is 20.2 Å². The van der Waals surface area contributed by atoms with E-state index >= 15 is 0 Å². The van der Waals surface area contributed by atoms with Gasteiger partial charge in [-0.3, -0.25) is 4.99 Å². The van der Waals surface area contributed by atoms with E-state index < -0.39 is 0 Å². The number of aromatic nitrogens is 1. The summed E-state index contributed by atoms with van der Waals surface area (Å²) in [5, 5.41) is 19.2. The van der Waals surface area contributed by atoms with Crippen molar-refractivity contribution in [2.45, 2.75) is 0 Å². The van der Waals surface area contributed by atoms with Gasteiger partial charge in [-0.2, -0.15) is 10.2 Å². The van der Waals surface area contributed by atoms with Crippen molar-refractivity contribution >= 4 is 46.0 Å². The van der Waals surface area contributed by atoms with E-state index in [0.29, 0.717) is 50.2 Å². The number of halogens is 2. The summed E-state index contributed by atoms with van der Waals surface area (Å²) >= 11 is 5.97. The molecule has 166 valence electrons. The van der Waals surface area contributed by atoms with E-state index in [1.54, 1.807) is 66.7 Å². The minimum Gasteiger partial charge on any atom is -0.507 e. The van der Waals surface area contributed by atoms with Crippen LogP contribution in [0.3, 0.4) is 0 Å². The third kappa shape index (κ3) is 4.84. The Bertz CT molecular complexity index is 1540. The zero-order valence-electron chi connectivity index (χ0n) is 17.6. The van der Waals surface area contributed by atoms with Crippen LogP contribution in [0.25, 0.3) is 22.6 Å². The minimum atomic E-state index is -0.324. The molecule has 1 N–H and O–H groups in total. The van der Waals surface area contributed by atoms with Gasteiger partial charge in [0.15, 0.2) is 5.58 Å². The molecule has 0 fully saturated rings. The number of benzene rings is 4. The molecule has 0 radical (unpaired) electrons. The third-order valence-corrected chi connectivity index (χ3v) is 5.15. The topological polar surface area (TPSA) is 83.3 Å². The van der Waals surface area contributed by atoms with Crippen LogP contribution in [0.2, 0.25) is 5.02 Å². The summed E-state index contributed by atoms with van der Waals surface area (Å²) in [6.07, 6.45) is 1.54. The number of phenols is 1. The lowest BCUT2D eigenvalue weighted by Crippen LogP contribution is -1.82. The van der Waals surface area contributed by atoms with Gasteiger partial charge in [-0.1, -0.05) is 17.7 Å². The van der Waals surface area contributed by atoms with E-state index in [9.17, 15) is 9.50 Å². The third-order valence-electron chi connectivity index (χ3n) is 4.92. The number of phenolic OH excluding ortho intramolecular Hbond substituents is 1. The molecule has 0 aliphatic heterocycles. The van der Waals surface area contributed by atoms with E-state index in [4.69, 9.17) is 16.0 Å². The molecule has 0 spiro atoms. The average Bonchev–Trinajstić information content (AvgIpc) is 3.26. The van der Waals surface area contributed by atoms with E-state index in [-0.39, 0.29) is 11.6 Å². The number of hydrogen-bond acceptors (Lipinski definition) is 6. The largest absolute Gasteiger partial charge is 0.507 e. The molecule has 0 saturated carbocycles. The molecule has 0 aliphatic rings. The highest BCUT2D eigenvalue weighted by molar-refractivity contribution is 6.30. The second kappa shape index (κ2) is 9.25. The van der Waals surface area contributed by atoms with Gasteiger partial charge in [-0.05, 0) is 78.9 Å². The highest BCUT2D eigenvalue weighted by Gasteiger charge is 2.09. The molecule has 5 rings (SSSR count). The van der Waals surface area contributed by atoms with Gasteiger partial charge in [-0.15, -0.1) is 0 Å². The van der Waals surface area contributed by atoms with Gasteiger partial charge in [0.2, 0.25) is 5.89 Å². The number of hydrogen-bond donors (Lipinski definition) is 1. The summed E-state index contributed by atoms with van der Waals surface area (Å²) in [7, 11) is 0. The Morgan fingerprint density at radius 3 is 2.41 bits per heavy atom. The summed E-state index contributed by atoms with van der Waals surface area (Å²) in [5.74, 6) is 0.132. The number of nitrogens with zero attached hydrogens (tertiary/aromatic N) is 4. The molecule has 4 aromatic carbocycles. The van der Waals surface area contributed by atoms with Gasteiger partial charge in [0.05, 0.1) is 17.1 Å². The number of aromatic hydroxyl groups is 1. The zero-order valence-corrected chi connectivity index (χ0v) is 18.3. The smallest absolute Gasteiger partial charge is 0.227 e. The second-order valence-electron chi connectivity index (χ2n) is 7.36. The van der Waals surface area contributed by atoms with Gasteiger partial charge in [-0.25, -0.2) is 9.37 Å². The molecular weight excluding hydrogens is 455 g/mol. The molecule has 0 unspecified atom stereocenters. The quantitative estimate of drug-likeness (QED) is 0.208. The Morgan fingerprint density at radius 1 is 0.853 bits per heavy atom. The number of oxazole rings is 1. The normalized spacial score (nSPS) is 11.7. The average molecular weight is 471 g/mol. The number of aliphatic imine (C=N–C) groups is 1. The predicted molar refractivity (Wildman–Crippen MR) is 130 cm³/mol. The van der Waals surface area contributed by atoms with Gasteiger partial charge < -0.3 is 9.52 Å². The van der Waals surface area contributed by atoms with Gasteiger partial charge >= 0.3 is 0 Å². The molecule has 0 amide bonds. The maximum Gasteiger partial charge on any atom is 0.227 e. The fourth-order valence-electron chi connectivity index (χ4n) is 3.22. The lowest BCUT2D eigenvalue weighted by molar-refractivity contribution is 0.474. The first-order valence-corrected chi connectivity index (χ1v) is 10.6. The molecule has 0 atom stereocenters. The molecule has 8 heteroatoms. The van der Waals surface area contributed by atoms with Crippen LogP contribution in [-0.2, 0) is 0 Å². The highest BCUT2D eigenvalue weighted by Crippen LogP contribution is 2.29. The van der Waals surface area contributed by atoms with E-state index in [1.807, 2.05) is 0 Å². The van der Waals surface area contributed by atoms with Crippen molar-refractivity contribution in [1.29, 1.82) is 0 Å². The maximum atomic E-state index is 13.2. The maximum absolute atomic E-state index is 13.2. The summed E-state index contributed by atoms with van der Waals surface area (Å²) in [6.45, 7) is 0. The van der Waals surface area contributed by atoms with Crippen molar-refractivity contribution in [2.75, 3.05) is 0 Å². The Hall–Kier alpha value is -4.36. The first kappa shape index (κ1) is 21.5. The molecule has 34 heavy (non-hydrogen) atoms. The molecule has 6 nitrogen and oxygen atoms in total. The molecule has 1 aromatic heterocycles. The Kier molecular flexibility index (Phi) is 5.84. The van der Waals surface area contributed by atoms with Crippen molar-refractivity contribution in [3.8, 4) is 17.2 Å². The van der Waals surface area contributed by atoms with Crippen LogP contribution >= 0.6 is 11.6 Å². The van der Waals surface area contributed by atoms with Gasteiger partial charge in [0.25, 0.3) is 0 Å². The Morgan fingerprint density at radius 2 is 1.62 bits per heavy atom. The fourth-order valence-corrected chi connectivity index (χ4v) is 3.40. The Balaban J connectivity index is 1.38. The van der Waals surface area contributed by atoms with Gasteiger partial charge in [0.1, 0.15) is 17.1 Å². The van der Waals surface area contributed by atoms with E-state index in [1.165, 1.54) is 24.4 Å². The van der Waals surface area contributed by atoms with Crippen molar-refractivity contribution in [1.82, 2.24) is 4.98 Å². The molecular formula is C26H16ClFN4O2. The second-order valence-corrected chi connectivity index (χ2v) is 7.80. The van der Waals surface area contributed by atoms with Crippen molar-refractivity contribution in [2.24, 2.45) is 15.2 Å². The molecule has 5 aromatic rings. The molecule has 0 aliphatic carbocycles. The first-order chi connectivity index (χ1) is 16.5. The summed E-state index contributed by atoms with van der Waals surface area (Å²) in [4.78, 5) is 8.92. The van der Waals surface area contributed by atoms with Crippen LogP contribution in [0.4, 0.5) is 21.5 Å². The Labute approximate surface area is 198 Å². The molecule has 0 bridgehead atoms. The monoisotopic (exact) mass is 470 g/mol. The SMILES string of the molecule is Oc1ccc(N=Nc2cccc(Cl)c2)cc1C=Nc1ccc2oc(-c3ccc(F)cc3)nc2c1. The van der Waals surface area contributed by atoms with Crippen LogP contribution in [-0.4, -0.2) is 16.3 Å². The molecule has 1 heterocycles. The summed E-state index contributed by atoms with van der Waals surface area (Å²) in [5.41, 5.74) is 4.15. The number of fused-ring (bicyclic) bond motifs is 1. The lowest BCUT2D eigenvalue weighted by Gasteiger charge is -2.00. The van der Waals surface area contributed by atoms with Crippen LogP contribution in [0.15, 0.2) is 105 Å². The van der Waals surface area contributed by atoms with Crippen LogP contribution < -0.4 is 0 Å². The van der Waals surface area contributed by atoms with Crippen molar-refractivity contribution in [3.63, 3.8) is 0 Å².